The molecule has 0 spiro atoms. The van der Waals surface area contributed by atoms with Crippen LogP contribution in [0.3, 0.4) is 0 Å². The Morgan fingerprint density at radius 1 is 1.35 bits per heavy atom. The van der Waals surface area contributed by atoms with E-state index in [-0.39, 0.29) is 12.5 Å². The van der Waals surface area contributed by atoms with Crippen LogP contribution < -0.4 is 0 Å². The van der Waals surface area contributed by atoms with E-state index in [0.29, 0.717) is 18.0 Å². The van der Waals surface area contributed by atoms with E-state index in [2.05, 4.69) is 0 Å². The highest BCUT2D eigenvalue weighted by Gasteiger charge is 2.39. The summed E-state index contributed by atoms with van der Waals surface area (Å²) in [6.07, 6.45) is 0.514. The van der Waals surface area contributed by atoms with E-state index in [9.17, 15) is 9.59 Å². The van der Waals surface area contributed by atoms with E-state index in [1.165, 1.54) is 0 Å². The molecule has 1 saturated heterocycles. The van der Waals surface area contributed by atoms with Crippen LogP contribution in [0, 0.1) is 5.92 Å². The van der Waals surface area contributed by atoms with Gasteiger partial charge in [0.05, 0.1) is 11.3 Å². The SMILES string of the molecule is CC(C)(C(=O)N1CCC(C(=O)O)C1)c1ccccc1Cl. The minimum Gasteiger partial charge on any atom is -0.481 e. The molecule has 1 aromatic rings. The maximum absolute atomic E-state index is 12.7. The second-order valence-corrected chi connectivity index (χ2v) is 6.09. The molecule has 1 unspecified atom stereocenters. The van der Waals surface area contributed by atoms with E-state index in [1.54, 1.807) is 11.0 Å². The number of hydrogen-bond acceptors (Lipinski definition) is 2. The third kappa shape index (κ3) is 2.66. The van der Waals surface area contributed by atoms with Crippen molar-refractivity contribution in [3.63, 3.8) is 0 Å². The van der Waals surface area contributed by atoms with Crippen LogP contribution in [-0.4, -0.2) is 35.0 Å². The van der Waals surface area contributed by atoms with Crippen LogP contribution in [0.1, 0.15) is 25.8 Å². The number of likely N-dealkylation sites (tertiary alicyclic amines) is 1. The Morgan fingerprint density at radius 3 is 2.55 bits per heavy atom. The monoisotopic (exact) mass is 295 g/mol. The third-order valence-corrected chi connectivity index (χ3v) is 4.24. The molecule has 1 aliphatic heterocycles. The highest BCUT2D eigenvalue weighted by atomic mass is 35.5. The average Bonchev–Trinajstić information content (AvgIpc) is 2.87. The number of carboxylic acid groups (broad SMARTS) is 1. The summed E-state index contributed by atoms with van der Waals surface area (Å²) >= 11 is 6.17. The molecule has 0 saturated carbocycles. The Labute approximate surface area is 123 Å². The Bertz CT molecular complexity index is 542. The van der Waals surface area contributed by atoms with E-state index in [4.69, 9.17) is 16.7 Å². The smallest absolute Gasteiger partial charge is 0.308 e. The predicted molar refractivity (Wildman–Crippen MR) is 76.8 cm³/mol. The van der Waals surface area contributed by atoms with E-state index < -0.39 is 17.3 Å². The Morgan fingerprint density at radius 2 is 2.00 bits per heavy atom. The lowest BCUT2D eigenvalue weighted by molar-refractivity contribution is -0.141. The lowest BCUT2D eigenvalue weighted by atomic mass is 9.83. The molecule has 5 heteroatoms. The second kappa shape index (κ2) is 5.44. The minimum absolute atomic E-state index is 0.0747. The van der Waals surface area contributed by atoms with Crippen molar-refractivity contribution in [1.82, 2.24) is 4.90 Å². The molecule has 1 aliphatic rings. The van der Waals surface area contributed by atoms with Gasteiger partial charge in [0.2, 0.25) is 5.91 Å². The van der Waals surface area contributed by atoms with E-state index in [0.717, 1.165) is 5.56 Å². The van der Waals surface area contributed by atoms with Gasteiger partial charge in [0.15, 0.2) is 0 Å². The van der Waals surface area contributed by atoms with E-state index >= 15 is 0 Å². The number of halogens is 1. The van der Waals surface area contributed by atoms with Crippen LogP contribution in [-0.2, 0) is 15.0 Å². The Kier molecular flexibility index (Phi) is 4.04. The van der Waals surface area contributed by atoms with Crippen molar-refractivity contribution in [1.29, 1.82) is 0 Å². The fourth-order valence-electron chi connectivity index (χ4n) is 2.62. The molecule has 20 heavy (non-hydrogen) atoms. The summed E-state index contributed by atoms with van der Waals surface area (Å²) in [7, 11) is 0. The van der Waals surface area contributed by atoms with Crippen molar-refractivity contribution in [3.8, 4) is 0 Å². The third-order valence-electron chi connectivity index (χ3n) is 3.91. The Hall–Kier alpha value is -1.55. The molecule has 0 bridgehead atoms. The van der Waals surface area contributed by atoms with Crippen molar-refractivity contribution in [2.75, 3.05) is 13.1 Å². The summed E-state index contributed by atoms with van der Waals surface area (Å²) in [5, 5.41) is 9.57. The minimum atomic E-state index is -0.837. The maximum Gasteiger partial charge on any atom is 0.308 e. The van der Waals surface area contributed by atoms with Gasteiger partial charge in [0.25, 0.3) is 0 Å². The first-order valence-electron chi connectivity index (χ1n) is 6.61. The van der Waals surface area contributed by atoms with Crippen LogP contribution in [0.2, 0.25) is 5.02 Å². The van der Waals surface area contributed by atoms with Crippen molar-refractivity contribution in [2.24, 2.45) is 5.92 Å². The van der Waals surface area contributed by atoms with Gasteiger partial charge < -0.3 is 10.0 Å². The van der Waals surface area contributed by atoms with Crippen LogP contribution in [0.25, 0.3) is 0 Å². The lowest BCUT2D eigenvalue weighted by Crippen LogP contribution is -2.42. The number of carbonyl (C=O) groups excluding carboxylic acids is 1. The second-order valence-electron chi connectivity index (χ2n) is 5.68. The lowest BCUT2D eigenvalue weighted by Gasteiger charge is -2.30. The molecular formula is C15H18ClNO3. The zero-order chi connectivity index (χ0) is 14.9. The van der Waals surface area contributed by atoms with Gasteiger partial charge >= 0.3 is 5.97 Å². The van der Waals surface area contributed by atoms with Gasteiger partial charge in [0.1, 0.15) is 0 Å². The number of hydrogen-bond donors (Lipinski definition) is 1. The highest BCUT2D eigenvalue weighted by Crippen LogP contribution is 2.33. The number of aliphatic carboxylic acids is 1. The molecule has 1 amide bonds. The predicted octanol–water partition coefficient (Wildman–Crippen LogP) is 2.55. The number of benzene rings is 1. The van der Waals surface area contributed by atoms with Gasteiger partial charge in [0, 0.05) is 18.1 Å². The average molecular weight is 296 g/mol. The standard InChI is InChI=1S/C15H18ClNO3/c1-15(2,11-5-3-4-6-12(11)16)14(20)17-8-7-10(9-17)13(18)19/h3-6,10H,7-9H2,1-2H3,(H,18,19). The Balaban J connectivity index is 2.20. The molecule has 1 fully saturated rings. The molecule has 0 aliphatic carbocycles. The summed E-state index contributed by atoms with van der Waals surface area (Å²) in [5.41, 5.74) is 0.0107. The molecule has 2 rings (SSSR count). The number of carbonyl (C=O) groups is 2. The van der Waals surface area contributed by atoms with Gasteiger partial charge in [-0.3, -0.25) is 9.59 Å². The first kappa shape index (κ1) is 14.9. The molecule has 4 nitrogen and oxygen atoms in total. The van der Waals surface area contributed by atoms with Crippen molar-refractivity contribution in [2.45, 2.75) is 25.7 Å². The summed E-state index contributed by atoms with van der Waals surface area (Å²) < 4.78 is 0. The maximum atomic E-state index is 12.7. The molecular weight excluding hydrogens is 278 g/mol. The molecule has 0 aromatic heterocycles. The molecule has 1 atom stereocenters. The fraction of sp³-hybridized carbons (Fsp3) is 0.467. The highest BCUT2D eigenvalue weighted by molar-refractivity contribution is 6.31. The fourth-order valence-corrected chi connectivity index (χ4v) is 3.00. The summed E-state index contributed by atoms with van der Waals surface area (Å²) in [6.45, 7) is 4.42. The quantitative estimate of drug-likeness (QED) is 0.932. The zero-order valence-electron chi connectivity index (χ0n) is 11.6. The molecule has 1 N–H and O–H groups in total. The van der Waals surface area contributed by atoms with Gasteiger partial charge in [-0.2, -0.15) is 0 Å². The van der Waals surface area contributed by atoms with Gasteiger partial charge in [-0.25, -0.2) is 0 Å². The first-order chi connectivity index (χ1) is 9.34. The van der Waals surface area contributed by atoms with Crippen LogP contribution in [0.15, 0.2) is 24.3 Å². The largest absolute Gasteiger partial charge is 0.481 e. The van der Waals surface area contributed by atoms with Crippen LogP contribution >= 0.6 is 11.6 Å². The van der Waals surface area contributed by atoms with Crippen molar-refractivity contribution < 1.29 is 14.7 Å². The molecule has 108 valence electrons. The van der Waals surface area contributed by atoms with Crippen LogP contribution in [0.5, 0.6) is 0 Å². The molecule has 1 aromatic carbocycles. The van der Waals surface area contributed by atoms with Gasteiger partial charge in [-0.15, -0.1) is 0 Å². The number of nitrogens with zero attached hydrogens (tertiary/aromatic N) is 1. The molecule has 1 heterocycles. The topological polar surface area (TPSA) is 57.6 Å². The summed E-state index contributed by atoms with van der Waals surface area (Å²) in [6, 6.07) is 7.27. The summed E-state index contributed by atoms with van der Waals surface area (Å²) in [4.78, 5) is 25.3. The van der Waals surface area contributed by atoms with Crippen molar-refractivity contribution in [3.05, 3.63) is 34.9 Å². The zero-order valence-corrected chi connectivity index (χ0v) is 12.4. The van der Waals surface area contributed by atoms with Crippen molar-refractivity contribution >= 4 is 23.5 Å². The van der Waals surface area contributed by atoms with Crippen LogP contribution in [0.4, 0.5) is 0 Å². The van der Waals surface area contributed by atoms with Gasteiger partial charge in [-0.1, -0.05) is 29.8 Å². The van der Waals surface area contributed by atoms with E-state index in [1.807, 2.05) is 32.0 Å². The number of carboxylic acids is 1. The number of amides is 1. The normalized spacial score (nSPS) is 19.1. The number of rotatable bonds is 3. The summed E-state index contributed by atoms with van der Waals surface area (Å²) in [5.74, 6) is -1.37. The van der Waals surface area contributed by atoms with Gasteiger partial charge in [-0.05, 0) is 31.9 Å². The molecule has 0 radical (unpaired) electrons. The first-order valence-corrected chi connectivity index (χ1v) is 6.99.